The first kappa shape index (κ1) is 23.6. The van der Waals surface area contributed by atoms with Crippen LogP contribution in [0.1, 0.15) is 48.8 Å². The standard InChI is InChI=1S/C28H32N2O4/c1-32-24-9-7-23(8-10-24)28(14-4-3-5-15-28)27(31)30-19-22-6-11-25(26(18-22)33-2)34-20-21-12-16-29-17-13-21/h6-13,16-18H,3-5,14-15,19-20H2,1-2H3,(H,30,31). The van der Waals surface area contributed by atoms with Gasteiger partial charge in [0.2, 0.25) is 5.91 Å². The average Bonchev–Trinajstić information content (AvgIpc) is 2.91. The van der Waals surface area contributed by atoms with Crippen molar-refractivity contribution in [2.45, 2.75) is 50.7 Å². The van der Waals surface area contributed by atoms with Crippen LogP contribution in [0, 0.1) is 0 Å². The fourth-order valence-electron chi connectivity index (χ4n) is 4.65. The molecule has 1 aliphatic carbocycles. The number of amides is 1. The lowest BCUT2D eigenvalue weighted by Gasteiger charge is -2.36. The Bertz CT molecular complexity index is 1080. The maximum absolute atomic E-state index is 13.5. The van der Waals surface area contributed by atoms with Crippen molar-refractivity contribution >= 4 is 5.91 Å². The van der Waals surface area contributed by atoms with Crippen molar-refractivity contribution in [2.75, 3.05) is 14.2 Å². The molecule has 4 rings (SSSR count). The maximum Gasteiger partial charge on any atom is 0.230 e. The molecule has 0 saturated heterocycles. The van der Waals surface area contributed by atoms with Gasteiger partial charge in [-0.3, -0.25) is 9.78 Å². The van der Waals surface area contributed by atoms with Gasteiger partial charge in [0.1, 0.15) is 12.4 Å². The summed E-state index contributed by atoms with van der Waals surface area (Å²) >= 11 is 0. The molecule has 6 heteroatoms. The minimum absolute atomic E-state index is 0.0781. The summed E-state index contributed by atoms with van der Waals surface area (Å²) in [5.74, 6) is 2.18. The van der Waals surface area contributed by atoms with E-state index in [-0.39, 0.29) is 5.91 Å². The third-order valence-electron chi connectivity index (χ3n) is 6.61. The van der Waals surface area contributed by atoms with Crippen molar-refractivity contribution in [1.82, 2.24) is 10.3 Å². The largest absolute Gasteiger partial charge is 0.497 e. The van der Waals surface area contributed by atoms with E-state index in [1.165, 1.54) is 6.42 Å². The Morgan fingerprint density at radius 3 is 2.29 bits per heavy atom. The Kier molecular flexibility index (Phi) is 7.68. The Morgan fingerprint density at radius 1 is 0.882 bits per heavy atom. The van der Waals surface area contributed by atoms with E-state index in [9.17, 15) is 4.79 Å². The van der Waals surface area contributed by atoms with E-state index in [0.717, 1.165) is 48.1 Å². The van der Waals surface area contributed by atoms with Crippen LogP contribution in [0.25, 0.3) is 0 Å². The molecule has 1 fully saturated rings. The van der Waals surface area contributed by atoms with Crippen molar-refractivity contribution in [1.29, 1.82) is 0 Å². The SMILES string of the molecule is COc1ccc(C2(C(=O)NCc3ccc(OCc4ccncc4)c(OC)c3)CCCCC2)cc1. The summed E-state index contributed by atoms with van der Waals surface area (Å²) in [7, 11) is 3.28. The van der Waals surface area contributed by atoms with Crippen LogP contribution in [-0.2, 0) is 23.4 Å². The molecule has 1 aromatic heterocycles. The van der Waals surface area contributed by atoms with Gasteiger partial charge in [-0.2, -0.15) is 0 Å². The molecule has 1 amide bonds. The number of aromatic nitrogens is 1. The van der Waals surface area contributed by atoms with Gasteiger partial charge in [0.15, 0.2) is 11.5 Å². The lowest BCUT2D eigenvalue weighted by atomic mass is 9.68. The molecule has 0 spiro atoms. The zero-order valence-electron chi connectivity index (χ0n) is 19.9. The van der Waals surface area contributed by atoms with Gasteiger partial charge in [-0.05, 0) is 65.9 Å². The zero-order chi connectivity index (χ0) is 23.8. The summed E-state index contributed by atoms with van der Waals surface area (Å²) in [5, 5.41) is 3.19. The number of ether oxygens (including phenoxy) is 3. The van der Waals surface area contributed by atoms with E-state index in [0.29, 0.717) is 24.7 Å². The molecular weight excluding hydrogens is 428 g/mol. The first-order valence-electron chi connectivity index (χ1n) is 11.8. The summed E-state index contributed by atoms with van der Waals surface area (Å²) in [6.07, 6.45) is 8.48. The quantitative estimate of drug-likeness (QED) is 0.476. The number of nitrogens with zero attached hydrogens (tertiary/aromatic N) is 1. The average molecular weight is 461 g/mol. The molecule has 0 aliphatic heterocycles. The third-order valence-corrected chi connectivity index (χ3v) is 6.61. The van der Waals surface area contributed by atoms with E-state index in [2.05, 4.69) is 10.3 Å². The fraction of sp³-hybridized carbons (Fsp3) is 0.357. The normalized spacial score (nSPS) is 14.8. The van der Waals surface area contributed by atoms with Crippen molar-refractivity contribution in [2.24, 2.45) is 0 Å². The molecule has 0 radical (unpaired) electrons. The van der Waals surface area contributed by atoms with Gasteiger partial charge in [-0.1, -0.05) is 37.5 Å². The molecule has 0 atom stereocenters. The molecule has 1 heterocycles. The summed E-state index contributed by atoms with van der Waals surface area (Å²) in [4.78, 5) is 17.6. The molecule has 34 heavy (non-hydrogen) atoms. The van der Waals surface area contributed by atoms with Crippen LogP contribution in [0.15, 0.2) is 67.0 Å². The second-order valence-corrected chi connectivity index (χ2v) is 8.68. The molecule has 1 aliphatic rings. The van der Waals surface area contributed by atoms with Gasteiger partial charge >= 0.3 is 0 Å². The number of benzene rings is 2. The van der Waals surface area contributed by atoms with Crippen LogP contribution in [0.5, 0.6) is 17.2 Å². The molecule has 2 aromatic carbocycles. The van der Waals surface area contributed by atoms with Crippen LogP contribution in [-0.4, -0.2) is 25.1 Å². The number of hydrogen-bond donors (Lipinski definition) is 1. The summed E-state index contributed by atoms with van der Waals surface area (Å²) in [6, 6.07) is 17.5. The zero-order valence-corrected chi connectivity index (χ0v) is 19.9. The molecule has 3 aromatic rings. The lowest BCUT2D eigenvalue weighted by Crippen LogP contribution is -2.45. The van der Waals surface area contributed by atoms with E-state index >= 15 is 0 Å². The van der Waals surface area contributed by atoms with Crippen molar-refractivity contribution in [3.8, 4) is 17.2 Å². The van der Waals surface area contributed by atoms with Crippen molar-refractivity contribution in [3.05, 3.63) is 83.7 Å². The van der Waals surface area contributed by atoms with Crippen LogP contribution < -0.4 is 19.5 Å². The predicted octanol–water partition coefficient (Wildman–Crippen LogP) is 5.20. The Labute approximate surface area is 201 Å². The van der Waals surface area contributed by atoms with E-state index < -0.39 is 5.41 Å². The lowest BCUT2D eigenvalue weighted by molar-refractivity contribution is -0.128. The highest BCUT2D eigenvalue weighted by Gasteiger charge is 2.40. The molecule has 1 saturated carbocycles. The van der Waals surface area contributed by atoms with Gasteiger partial charge in [-0.15, -0.1) is 0 Å². The highest BCUT2D eigenvalue weighted by atomic mass is 16.5. The molecule has 6 nitrogen and oxygen atoms in total. The van der Waals surface area contributed by atoms with E-state index in [4.69, 9.17) is 14.2 Å². The number of carbonyl (C=O) groups excluding carboxylic acids is 1. The molecular formula is C28H32N2O4. The topological polar surface area (TPSA) is 69.7 Å². The van der Waals surface area contributed by atoms with Gasteiger partial charge in [0.05, 0.1) is 19.6 Å². The van der Waals surface area contributed by atoms with Gasteiger partial charge in [0, 0.05) is 18.9 Å². The first-order valence-corrected chi connectivity index (χ1v) is 11.8. The van der Waals surface area contributed by atoms with Crippen molar-refractivity contribution < 1.29 is 19.0 Å². The molecule has 178 valence electrons. The van der Waals surface area contributed by atoms with Gasteiger partial charge in [0.25, 0.3) is 0 Å². The van der Waals surface area contributed by atoms with Gasteiger partial charge in [-0.25, -0.2) is 0 Å². The van der Waals surface area contributed by atoms with Crippen LogP contribution in [0.2, 0.25) is 0 Å². The number of hydrogen-bond acceptors (Lipinski definition) is 5. The van der Waals surface area contributed by atoms with Crippen LogP contribution in [0.3, 0.4) is 0 Å². The molecule has 0 bridgehead atoms. The summed E-state index contributed by atoms with van der Waals surface area (Å²) in [6.45, 7) is 0.858. The second kappa shape index (κ2) is 11.1. The Hall–Kier alpha value is -3.54. The van der Waals surface area contributed by atoms with Crippen LogP contribution in [0.4, 0.5) is 0 Å². The predicted molar refractivity (Wildman–Crippen MR) is 131 cm³/mol. The van der Waals surface area contributed by atoms with E-state index in [1.54, 1.807) is 26.6 Å². The smallest absolute Gasteiger partial charge is 0.230 e. The number of nitrogens with one attached hydrogen (secondary N) is 1. The summed E-state index contributed by atoms with van der Waals surface area (Å²) < 4.78 is 16.8. The van der Waals surface area contributed by atoms with E-state index in [1.807, 2.05) is 54.6 Å². The fourth-order valence-corrected chi connectivity index (χ4v) is 4.65. The number of methoxy groups -OCH3 is 2. The minimum atomic E-state index is -0.498. The number of rotatable bonds is 9. The molecule has 1 N–H and O–H groups in total. The number of pyridine rings is 1. The highest BCUT2D eigenvalue weighted by Crippen LogP contribution is 2.40. The molecule has 0 unspecified atom stereocenters. The van der Waals surface area contributed by atoms with Crippen LogP contribution >= 0.6 is 0 Å². The second-order valence-electron chi connectivity index (χ2n) is 8.68. The monoisotopic (exact) mass is 460 g/mol. The third kappa shape index (κ3) is 5.33. The highest BCUT2D eigenvalue weighted by molar-refractivity contribution is 5.88. The number of carbonyl (C=O) groups is 1. The summed E-state index contributed by atoms with van der Waals surface area (Å²) in [5.41, 5.74) is 2.55. The van der Waals surface area contributed by atoms with Crippen molar-refractivity contribution in [3.63, 3.8) is 0 Å². The minimum Gasteiger partial charge on any atom is -0.497 e. The Balaban J connectivity index is 1.44. The first-order chi connectivity index (χ1) is 16.6. The maximum atomic E-state index is 13.5. The van der Waals surface area contributed by atoms with Gasteiger partial charge < -0.3 is 19.5 Å². The Morgan fingerprint density at radius 2 is 1.62 bits per heavy atom.